The number of nitrogens with one attached hydrogen (secondary N) is 2. The van der Waals surface area contributed by atoms with Crippen LogP contribution in [0.25, 0.3) is 11.0 Å². The second-order valence-electron chi connectivity index (χ2n) is 6.58. The summed E-state index contributed by atoms with van der Waals surface area (Å²) in [5.74, 6) is 0.528. The van der Waals surface area contributed by atoms with Gasteiger partial charge in [-0.1, -0.05) is 32.5 Å². The highest BCUT2D eigenvalue weighted by atomic mass is 32.2. The maximum atomic E-state index is 12.7. The fraction of sp³-hybridized carbons (Fsp3) is 0.588. The summed E-state index contributed by atoms with van der Waals surface area (Å²) in [5.41, 5.74) is 2.01. The molecular weight excluding hydrogens is 324 g/mol. The van der Waals surface area contributed by atoms with E-state index >= 15 is 0 Å². The van der Waals surface area contributed by atoms with Crippen molar-refractivity contribution in [1.82, 2.24) is 19.9 Å². The first-order valence-electron chi connectivity index (χ1n) is 8.34. The van der Waals surface area contributed by atoms with Gasteiger partial charge in [-0.3, -0.25) is 14.2 Å². The molecule has 2 rings (SSSR count). The predicted molar refractivity (Wildman–Crippen MR) is 98.5 cm³/mol. The van der Waals surface area contributed by atoms with Crippen molar-refractivity contribution >= 4 is 28.7 Å². The molecule has 0 aliphatic carbocycles. The van der Waals surface area contributed by atoms with Gasteiger partial charge in [0.2, 0.25) is 5.91 Å². The minimum atomic E-state index is -0.0772. The molecule has 0 saturated carbocycles. The molecule has 6 nitrogen and oxygen atoms in total. The Hall–Kier alpha value is -1.76. The van der Waals surface area contributed by atoms with Crippen LogP contribution in [0.2, 0.25) is 0 Å². The van der Waals surface area contributed by atoms with Crippen LogP contribution < -0.4 is 10.9 Å². The second kappa shape index (κ2) is 7.88. The molecule has 1 amide bonds. The van der Waals surface area contributed by atoms with Crippen LogP contribution in [0.1, 0.15) is 39.8 Å². The van der Waals surface area contributed by atoms with Gasteiger partial charge >= 0.3 is 0 Å². The summed E-state index contributed by atoms with van der Waals surface area (Å²) in [6, 6.07) is 2.01. The molecule has 0 aliphatic rings. The Labute approximate surface area is 146 Å². The fourth-order valence-corrected chi connectivity index (χ4v) is 3.22. The Balaban J connectivity index is 2.30. The lowest BCUT2D eigenvalue weighted by Crippen LogP contribution is -2.33. The number of fused-ring (bicyclic) bond motifs is 1. The zero-order chi connectivity index (χ0) is 17.9. The minimum Gasteiger partial charge on any atom is -0.353 e. The van der Waals surface area contributed by atoms with Crippen LogP contribution in [0.15, 0.2) is 16.0 Å². The van der Waals surface area contributed by atoms with Gasteiger partial charge in [0.1, 0.15) is 5.52 Å². The predicted octanol–water partition coefficient (Wildman–Crippen LogP) is 2.70. The van der Waals surface area contributed by atoms with Crippen molar-refractivity contribution in [2.75, 3.05) is 5.75 Å². The number of thioether (sulfide) groups is 1. The van der Waals surface area contributed by atoms with E-state index in [1.807, 2.05) is 26.8 Å². The van der Waals surface area contributed by atoms with Crippen LogP contribution >= 0.6 is 11.8 Å². The van der Waals surface area contributed by atoms with Crippen LogP contribution in [-0.4, -0.2) is 32.2 Å². The maximum absolute atomic E-state index is 12.7. The lowest BCUT2D eigenvalue weighted by molar-refractivity contribution is -0.119. The van der Waals surface area contributed by atoms with Crippen molar-refractivity contribution in [3.63, 3.8) is 0 Å². The molecule has 2 N–H and O–H groups in total. The molecule has 7 heteroatoms. The van der Waals surface area contributed by atoms with Crippen LogP contribution in [0.4, 0.5) is 0 Å². The Bertz CT molecular complexity index is 779. The number of aromatic amines is 1. The first-order valence-corrected chi connectivity index (χ1v) is 9.32. The van der Waals surface area contributed by atoms with Gasteiger partial charge in [0.15, 0.2) is 5.16 Å². The fourth-order valence-electron chi connectivity index (χ4n) is 2.40. The molecule has 0 aromatic carbocycles. The Kier molecular flexibility index (Phi) is 6.10. The van der Waals surface area contributed by atoms with Crippen LogP contribution in [0.5, 0.6) is 0 Å². The molecule has 1 unspecified atom stereocenters. The number of hydrogen-bond acceptors (Lipinski definition) is 4. The third-order valence-electron chi connectivity index (χ3n) is 3.74. The highest BCUT2D eigenvalue weighted by molar-refractivity contribution is 7.99. The highest BCUT2D eigenvalue weighted by Crippen LogP contribution is 2.19. The first-order chi connectivity index (χ1) is 11.3. The number of amides is 1. The average Bonchev–Trinajstić information content (AvgIpc) is 2.88. The molecule has 24 heavy (non-hydrogen) atoms. The zero-order valence-electron chi connectivity index (χ0n) is 15.0. The summed E-state index contributed by atoms with van der Waals surface area (Å²) in [6.45, 7) is 10.6. The van der Waals surface area contributed by atoms with E-state index in [0.29, 0.717) is 28.7 Å². The van der Waals surface area contributed by atoms with Crippen LogP contribution in [0.3, 0.4) is 0 Å². The molecule has 0 bridgehead atoms. The monoisotopic (exact) mass is 350 g/mol. The van der Waals surface area contributed by atoms with Gasteiger partial charge in [-0.25, -0.2) is 4.98 Å². The third-order valence-corrected chi connectivity index (χ3v) is 4.71. The lowest BCUT2D eigenvalue weighted by Gasteiger charge is -2.15. The number of aryl methyl sites for hydroxylation is 1. The van der Waals surface area contributed by atoms with E-state index in [1.165, 1.54) is 11.8 Å². The van der Waals surface area contributed by atoms with E-state index in [2.05, 4.69) is 29.1 Å². The number of carbonyl (C=O) groups excluding carboxylic acids is 1. The van der Waals surface area contributed by atoms with E-state index in [1.54, 1.807) is 4.57 Å². The van der Waals surface area contributed by atoms with Crippen molar-refractivity contribution in [2.24, 2.45) is 5.92 Å². The van der Waals surface area contributed by atoms with Crippen molar-refractivity contribution in [1.29, 1.82) is 0 Å². The summed E-state index contributed by atoms with van der Waals surface area (Å²) >= 11 is 1.31. The van der Waals surface area contributed by atoms with Gasteiger partial charge in [-0.05, 0) is 32.3 Å². The number of rotatable bonds is 7. The van der Waals surface area contributed by atoms with E-state index in [-0.39, 0.29) is 23.3 Å². The molecule has 2 aromatic rings. The van der Waals surface area contributed by atoms with Gasteiger partial charge < -0.3 is 10.3 Å². The average molecular weight is 350 g/mol. The Morgan fingerprint density at radius 1 is 1.42 bits per heavy atom. The smallest absolute Gasteiger partial charge is 0.278 e. The number of carbonyl (C=O) groups is 1. The number of hydrogen-bond donors (Lipinski definition) is 2. The van der Waals surface area contributed by atoms with E-state index in [9.17, 15) is 9.59 Å². The highest BCUT2D eigenvalue weighted by Gasteiger charge is 2.16. The molecular formula is C17H26N4O2S. The molecule has 1 atom stereocenters. The molecule has 132 valence electrons. The van der Waals surface area contributed by atoms with Gasteiger partial charge in [0, 0.05) is 18.3 Å². The summed E-state index contributed by atoms with van der Waals surface area (Å²) in [4.78, 5) is 32.4. The minimum absolute atomic E-state index is 0.0370. The SMILES string of the molecule is CCC(C)NC(=O)CSc1nc2cc(C)[nH]c2c(=O)n1CC(C)C. The van der Waals surface area contributed by atoms with Gasteiger partial charge in [-0.2, -0.15) is 0 Å². The summed E-state index contributed by atoms with van der Waals surface area (Å²) in [7, 11) is 0. The quantitative estimate of drug-likeness (QED) is 0.594. The van der Waals surface area contributed by atoms with Gasteiger partial charge in [0.05, 0.1) is 11.3 Å². The van der Waals surface area contributed by atoms with Crippen molar-refractivity contribution in [3.8, 4) is 0 Å². The zero-order valence-corrected chi connectivity index (χ0v) is 15.8. The van der Waals surface area contributed by atoms with Gasteiger partial charge in [0.25, 0.3) is 5.56 Å². The Morgan fingerprint density at radius 2 is 2.12 bits per heavy atom. The van der Waals surface area contributed by atoms with Crippen molar-refractivity contribution in [3.05, 3.63) is 22.1 Å². The maximum Gasteiger partial charge on any atom is 0.278 e. The molecule has 0 saturated heterocycles. The van der Waals surface area contributed by atoms with E-state index in [0.717, 1.165) is 12.1 Å². The standard InChI is InChI=1S/C17H26N4O2S/c1-6-11(4)18-14(22)9-24-17-20-13-7-12(5)19-15(13)16(23)21(17)8-10(2)3/h7,10-11,19H,6,8-9H2,1-5H3,(H,18,22). The van der Waals surface area contributed by atoms with Crippen molar-refractivity contribution in [2.45, 2.75) is 58.8 Å². The third kappa shape index (κ3) is 4.41. The van der Waals surface area contributed by atoms with Gasteiger partial charge in [-0.15, -0.1) is 0 Å². The normalized spacial score (nSPS) is 12.8. The van der Waals surface area contributed by atoms with E-state index < -0.39 is 0 Å². The Morgan fingerprint density at radius 3 is 2.75 bits per heavy atom. The molecule has 0 fully saturated rings. The second-order valence-corrected chi connectivity index (χ2v) is 7.52. The first kappa shape index (κ1) is 18.6. The molecule has 0 radical (unpaired) electrons. The largest absolute Gasteiger partial charge is 0.353 e. The molecule has 2 heterocycles. The summed E-state index contributed by atoms with van der Waals surface area (Å²) < 4.78 is 1.67. The molecule has 0 aliphatic heterocycles. The van der Waals surface area contributed by atoms with E-state index in [4.69, 9.17) is 0 Å². The van der Waals surface area contributed by atoms with Crippen LogP contribution in [0, 0.1) is 12.8 Å². The van der Waals surface area contributed by atoms with Crippen LogP contribution in [-0.2, 0) is 11.3 Å². The lowest BCUT2D eigenvalue weighted by atomic mass is 10.2. The molecule has 0 spiro atoms. The number of aromatic nitrogens is 3. The number of nitrogens with zero attached hydrogens (tertiary/aromatic N) is 2. The number of H-pyrrole nitrogens is 1. The topological polar surface area (TPSA) is 79.8 Å². The summed E-state index contributed by atoms with van der Waals surface area (Å²) in [5, 5.41) is 3.53. The van der Waals surface area contributed by atoms with Crippen molar-refractivity contribution < 1.29 is 4.79 Å². The summed E-state index contributed by atoms with van der Waals surface area (Å²) in [6.07, 6.45) is 0.890. The molecule has 2 aromatic heterocycles.